The summed E-state index contributed by atoms with van der Waals surface area (Å²) in [6.07, 6.45) is 3.23. The number of hydrogen-bond acceptors (Lipinski definition) is 4. The second-order valence-corrected chi connectivity index (χ2v) is 7.92. The first-order chi connectivity index (χ1) is 12.0. The Labute approximate surface area is 149 Å². The SMILES string of the molecule is Cc1ccc2[nH]c(O)c(N=NC(=O)c3cc4c(s3)CC[C@@H](C)C4)c2c1. The van der Waals surface area contributed by atoms with E-state index in [2.05, 4.69) is 22.1 Å². The number of H-pyrrole nitrogens is 1. The molecule has 2 heterocycles. The number of nitrogens with one attached hydrogen (secondary N) is 1. The number of rotatable bonds is 2. The van der Waals surface area contributed by atoms with Crippen LogP contribution in [0.2, 0.25) is 0 Å². The van der Waals surface area contributed by atoms with Crippen LogP contribution in [0.25, 0.3) is 10.9 Å². The van der Waals surface area contributed by atoms with Crippen LogP contribution in [0.5, 0.6) is 5.88 Å². The number of aromatic hydroxyl groups is 1. The maximum Gasteiger partial charge on any atom is 0.305 e. The summed E-state index contributed by atoms with van der Waals surface area (Å²) in [4.78, 5) is 17.2. The molecule has 0 saturated carbocycles. The van der Waals surface area contributed by atoms with E-state index in [4.69, 9.17) is 0 Å². The van der Waals surface area contributed by atoms with Crippen molar-refractivity contribution in [1.29, 1.82) is 0 Å². The summed E-state index contributed by atoms with van der Waals surface area (Å²) < 4.78 is 0. The van der Waals surface area contributed by atoms with Crippen molar-refractivity contribution in [2.24, 2.45) is 16.1 Å². The van der Waals surface area contributed by atoms with E-state index < -0.39 is 0 Å². The summed E-state index contributed by atoms with van der Waals surface area (Å²) in [5.41, 5.74) is 3.40. The van der Waals surface area contributed by atoms with Crippen LogP contribution in [0.15, 0.2) is 34.5 Å². The second kappa shape index (κ2) is 6.11. The molecule has 128 valence electrons. The second-order valence-electron chi connectivity index (χ2n) is 6.78. The Hall–Kier alpha value is -2.47. The van der Waals surface area contributed by atoms with E-state index in [9.17, 15) is 9.90 Å². The van der Waals surface area contributed by atoms with Gasteiger partial charge in [-0.1, -0.05) is 18.6 Å². The molecule has 1 amide bonds. The van der Waals surface area contributed by atoms with Gasteiger partial charge in [0, 0.05) is 10.3 Å². The van der Waals surface area contributed by atoms with Crippen LogP contribution in [-0.4, -0.2) is 16.0 Å². The Morgan fingerprint density at radius 1 is 1.36 bits per heavy atom. The molecule has 1 atom stereocenters. The van der Waals surface area contributed by atoms with Gasteiger partial charge in [-0.05, 0) is 55.9 Å². The quantitative estimate of drug-likeness (QED) is 0.614. The Balaban J connectivity index is 1.63. The smallest absolute Gasteiger partial charge is 0.305 e. The van der Waals surface area contributed by atoms with Crippen LogP contribution in [0.4, 0.5) is 5.69 Å². The van der Waals surface area contributed by atoms with Crippen molar-refractivity contribution in [2.75, 3.05) is 0 Å². The molecule has 3 aromatic rings. The number of hydrogen-bond donors (Lipinski definition) is 2. The maximum atomic E-state index is 12.4. The third-order valence-electron chi connectivity index (χ3n) is 4.69. The van der Waals surface area contributed by atoms with Gasteiger partial charge in [0.2, 0.25) is 5.88 Å². The first-order valence-corrected chi connectivity index (χ1v) is 9.22. The predicted molar refractivity (Wildman–Crippen MR) is 99.1 cm³/mol. The number of aromatic nitrogens is 1. The van der Waals surface area contributed by atoms with Crippen LogP contribution in [-0.2, 0) is 12.8 Å². The number of aryl methyl sites for hydroxylation is 2. The van der Waals surface area contributed by atoms with Gasteiger partial charge in [-0.15, -0.1) is 21.6 Å². The lowest BCUT2D eigenvalue weighted by atomic mass is 9.90. The fraction of sp³-hybridized carbons (Fsp3) is 0.316. The lowest BCUT2D eigenvalue weighted by Crippen LogP contribution is -2.08. The van der Waals surface area contributed by atoms with Crippen molar-refractivity contribution < 1.29 is 9.90 Å². The number of carbonyl (C=O) groups excluding carboxylic acids is 1. The van der Waals surface area contributed by atoms with Crippen molar-refractivity contribution in [1.82, 2.24) is 4.98 Å². The highest BCUT2D eigenvalue weighted by Gasteiger charge is 2.21. The van der Waals surface area contributed by atoms with Crippen molar-refractivity contribution in [2.45, 2.75) is 33.1 Å². The number of thiophene rings is 1. The van der Waals surface area contributed by atoms with Crippen LogP contribution in [0, 0.1) is 12.8 Å². The summed E-state index contributed by atoms with van der Waals surface area (Å²) in [7, 11) is 0. The van der Waals surface area contributed by atoms with Gasteiger partial charge in [0.1, 0.15) is 0 Å². The van der Waals surface area contributed by atoms with Crippen LogP contribution >= 0.6 is 11.3 Å². The van der Waals surface area contributed by atoms with E-state index in [-0.39, 0.29) is 11.8 Å². The lowest BCUT2D eigenvalue weighted by molar-refractivity contribution is 0.0999. The predicted octanol–water partition coefficient (Wildman–Crippen LogP) is 5.29. The van der Waals surface area contributed by atoms with Gasteiger partial charge in [0.15, 0.2) is 5.69 Å². The number of amides is 1. The van der Waals surface area contributed by atoms with Gasteiger partial charge in [-0.2, -0.15) is 0 Å². The largest absolute Gasteiger partial charge is 0.493 e. The number of aromatic amines is 1. The number of benzene rings is 1. The first kappa shape index (κ1) is 16.0. The van der Waals surface area contributed by atoms with Crippen LogP contribution in [0.1, 0.15) is 39.0 Å². The Kier molecular flexibility index (Phi) is 3.92. The molecular formula is C19H19N3O2S. The number of fused-ring (bicyclic) bond motifs is 2. The highest BCUT2D eigenvalue weighted by molar-refractivity contribution is 7.14. The molecule has 2 N–H and O–H groups in total. The number of carbonyl (C=O) groups is 1. The molecule has 0 aliphatic heterocycles. The van der Waals surface area contributed by atoms with E-state index >= 15 is 0 Å². The summed E-state index contributed by atoms with van der Waals surface area (Å²) in [6.45, 7) is 4.20. The third kappa shape index (κ3) is 2.98. The molecule has 2 aromatic heterocycles. The van der Waals surface area contributed by atoms with Crippen LogP contribution < -0.4 is 0 Å². The van der Waals surface area contributed by atoms with E-state index in [1.807, 2.05) is 31.2 Å². The maximum absolute atomic E-state index is 12.4. The standard InChI is InChI=1S/C19H19N3O2S/c1-10-4-6-15-12(7-10)9-16(25-15)18(23)22-21-17-13-8-11(2)3-5-14(13)20-19(17)24/h3,5,8-10,20,24H,4,6-7H2,1-2H3/t10-/m1/s1. The van der Waals surface area contributed by atoms with Gasteiger partial charge in [0.05, 0.1) is 10.4 Å². The van der Waals surface area contributed by atoms with Gasteiger partial charge in [0.25, 0.3) is 0 Å². The minimum atomic E-state index is -0.353. The van der Waals surface area contributed by atoms with Crippen molar-refractivity contribution in [3.8, 4) is 5.88 Å². The zero-order valence-electron chi connectivity index (χ0n) is 14.2. The fourth-order valence-corrected chi connectivity index (χ4v) is 4.42. The fourth-order valence-electron chi connectivity index (χ4n) is 3.33. The van der Waals surface area contributed by atoms with Gasteiger partial charge >= 0.3 is 5.91 Å². The molecule has 1 aliphatic rings. The molecule has 0 unspecified atom stereocenters. The van der Waals surface area contributed by atoms with E-state index in [0.29, 0.717) is 16.5 Å². The molecule has 0 radical (unpaired) electrons. The highest BCUT2D eigenvalue weighted by Crippen LogP contribution is 2.37. The molecular weight excluding hydrogens is 334 g/mol. The first-order valence-electron chi connectivity index (χ1n) is 8.40. The normalized spacial score (nSPS) is 17.3. The van der Waals surface area contributed by atoms with Crippen LogP contribution in [0.3, 0.4) is 0 Å². The van der Waals surface area contributed by atoms with E-state index in [1.54, 1.807) is 0 Å². The molecule has 0 fully saturated rings. The molecule has 1 aromatic carbocycles. The van der Waals surface area contributed by atoms with Gasteiger partial charge in [-0.3, -0.25) is 4.79 Å². The monoisotopic (exact) mass is 353 g/mol. The average Bonchev–Trinajstić information content (AvgIpc) is 3.12. The highest BCUT2D eigenvalue weighted by atomic mass is 32.1. The van der Waals surface area contributed by atoms with E-state index in [0.717, 1.165) is 29.3 Å². The summed E-state index contributed by atoms with van der Waals surface area (Å²) in [5.74, 6) is 0.239. The molecule has 4 rings (SSSR count). The molecule has 1 aliphatic carbocycles. The summed E-state index contributed by atoms with van der Waals surface area (Å²) >= 11 is 1.52. The average molecular weight is 353 g/mol. The zero-order chi connectivity index (χ0) is 17.6. The topological polar surface area (TPSA) is 77.8 Å². The van der Waals surface area contributed by atoms with Crippen molar-refractivity contribution >= 4 is 33.8 Å². The Morgan fingerprint density at radius 3 is 3.04 bits per heavy atom. The van der Waals surface area contributed by atoms with Crippen molar-refractivity contribution in [3.05, 3.63) is 45.1 Å². The summed E-state index contributed by atoms with van der Waals surface area (Å²) in [6, 6.07) is 7.69. The zero-order valence-corrected chi connectivity index (χ0v) is 15.0. The van der Waals surface area contributed by atoms with Crippen molar-refractivity contribution in [3.63, 3.8) is 0 Å². The minimum absolute atomic E-state index is 0.0727. The lowest BCUT2D eigenvalue weighted by Gasteiger charge is -2.16. The molecule has 25 heavy (non-hydrogen) atoms. The molecule has 6 heteroatoms. The third-order valence-corrected chi connectivity index (χ3v) is 5.91. The summed E-state index contributed by atoms with van der Waals surface area (Å²) in [5, 5.41) is 18.7. The molecule has 0 spiro atoms. The molecule has 0 saturated heterocycles. The Morgan fingerprint density at radius 2 is 2.20 bits per heavy atom. The van der Waals surface area contributed by atoms with Gasteiger partial charge < -0.3 is 10.1 Å². The number of azo groups is 1. The van der Waals surface area contributed by atoms with Gasteiger partial charge in [-0.25, -0.2) is 0 Å². The Bertz CT molecular complexity index is 1000. The number of nitrogens with zero attached hydrogens (tertiary/aromatic N) is 2. The molecule has 0 bridgehead atoms. The molecule has 5 nitrogen and oxygen atoms in total. The minimum Gasteiger partial charge on any atom is -0.493 e. The van der Waals surface area contributed by atoms with E-state index in [1.165, 1.54) is 28.2 Å².